The van der Waals surface area contributed by atoms with Gasteiger partial charge in [0.25, 0.3) is 0 Å². The van der Waals surface area contributed by atoms with Crippen molar-refractivity contribution in [2.75, 3.05) is 5.32 Å². The number of hydrogen-bond acceptors (Lipinski definition) is 2. The van der Waals surface area contributed by atoms with Crippen molar-refractivity contribution in [3.63, 3.8) is 0 Å². The molecular weight excluding hydrogens is 289 g/mol. The van der Waals surface area contributed by atoms with E-state index in [4.69, 9.17) is 16.3 Å². The van der Waals surface area contributed by atoms with Gasteiger partial charge in [-0.05, 0) is 37.6 Å². The third-order valence-corrected chi connectivity index (χ3v) is 3.48. The molecule has 4 heteroatoms. The van der Waals surface area contributed by atoms with E-state index in [0.717, 1.165) is 17.9 Å². The summed E-state index contributed by atoms with van der Waals surface area (Å²) in [6.45, 7) is 4.51. The first-order chi connectivity index (χ1) is 10.1. The van der Waals surface area contributed by atoms with E-state index < -0.39 is 0 Å². The Hall–Kier alpha value is -1.74. The quantitative estimate of drug-likeness (QED) is 0.785. The summed E-state index contributed by atoms with van der Waals surface area (Å²) in [6.07, 6.45) is 1.13. The fourth-order valence-electron chi connectivity index (χ4n) is 1.86. The molecule has 1 N–H and O–H groups in total. The van der Waals surface area contributed by atoms with Crippen molar-refractivity contribution in [2.45, 2.75) is 32.9 Å². The largest absolute Gasteiger partial charge is 0.491 e. The van der Waals surface area contributed by atoms with Crippen LogP contribution in [0.1, 0.15) is 25.8 Å². The normalized spacial score (nSPS) is 12.0. The third kappa shape index (κ3) is 4.64. The zero-order valence-corrected chi connectivity index (χ0v) is 13.0. The summed E-state index contributed by atoms with van der Waals surface area (Å²) in [5.74, 6) is 0.507. The summed E-state index contributed by atoms with van der Waals surface area (Å²) in [7, 11) is 0. The lowest BCUT2D eigenvalue weighted by Crippen LogP contribution is -2.10. The minimum absolute atomic E-state index is 0.175. The molecule has 1 unspecified atom stereocenters. The number of ether oxygens (including phenoxy) is 1. The molecule has 0 saturated carbocycles. The van der Waals surface area contributed by atoms with Crippen LogP contribution >= 0.6 is 11.6 Å². The van der Waals surface area contributed by atoms with Crippen LogP contribution in [0.5, 0.6) is 5.75 Å². The SMILES string of the molecule is CCC(C)Oc1cccc(NCc2ccc(Cl)cc2F)c1. The smallest absolute Gasteiger partial charge is 0.129 e. The Morgan fingerprint density at radius 1 is 1.24 bits per heavy atom. The van der Waals surface area contributed by atoms with Gasteiger partial charge in [0, 0.05) is 28.9 Å². The van der Waals surface area contributed by atoms with Crippen molar-refractivity contribution in [3.8, 4) is 5.75 Å². The third-order valence-electron chi connectivity index (χ3n) is 3.24. The minimum atomic E-state index is -0.304. The second-order valence-electron chi connectivity index (χ2n) is 4.95. The Labute approximate surface area is 129 Å². The van der Waals surface area contributed by atoms with Crippen LogP contribution in [0.4, 0.5) is 10.1 Å². The summed E-state index contributed by atoms with van der Waals surface area (Å²) >= 11 is 5.74. The topological polar surface area (TPSA) is 21.3 Å². The highest BCUT2D eigenvalue weighted by molar-refractivity contribution is 6.30. The molecule has 0 saturated heterocycles. The van der Waals surface area contributed by atoms with Crippen LogP contribution in [-0.4, -0.2) is 6.10 Å². The molecule has 1 atom stereocenters. The van der Waals surface area contributed by atoms with Gasteiger partial charge in [0.05, 0.1) is 6.10 Å². The van der Waals surface area contributed by atoms with Crippen molar-refractivity contribution < 1.29 is 9.13 Å². The van der Waals surface area contributed by atoms with E-state index in [1.54, 1.807) is 12.1 Å². The van der Waals surface area contributed by atoms with Crippen LogP contribution in [0.25, 0.3) is 0 Å². The number of nitrogens with one attached hydrogen (secondary N) is 1. The van der Waals surface area contributed by atoms with Crippen LogP contribution in [0.3, 0.4) is 0 Å². The molecule has 0 aliphatic carbocycles. The molecule has 0 radical (unpaired) electrons. The van der Waals surface area contributed by atoms with Gasteiger partial charge in [0.1, 0.15) is 11.6 Å². The van der Waals surface area contributed by atoms with Gasteiger partial charge in [0.15, 0.2) is 0 Å². The lowest BCUT2D eigenvalue weighted by atomic mass is 10.2. The lowest BCUT2D eigenvalue weighted by molar-refractivity contribution is 0.217. The molecule has 2 aromatic carbocycles. The minimum Gasteiger partial charge on any atom is -0.491 e. The Morgan fingerprint density at radius 3 is 2.76 bits per heavy atom. The molecule has 0 aliphatic rings. The molecule has 2 aromatic rings. The molecular formula is C17H19ClFNO. The molecule has 0 amide bonds. The zero-order valence-electron chi connectivity index (χ0n) is 12.2. The van der Waals surface area contributed by atoms with Gasteiger partial charge >= 0.3 is 0 Å². The van der Waals surface area contributed by atoms with Crippen LogP contribution in [0, 0.1) is 5.82 Å². The van der Waals surface area contributed by atoms with Gasteiger partial charge < -0.3 is 10.1 Å². The van der Waals surface area contributed by atoms with Crippen LogP contribution in [-0.2, 0) is 6.54 Å². The first kappa shape index (κ1) is 15.6. The second-order valence-corrected chi connectivity index (χ2v) is 5.39. The standard InChI is InChI=1S/C17H19ClFNO/c1-3-12(2)21-16-6-4-5-15(10-16)20-11-13-7-8-14(18)9-17(13)19/h4-10,12,20H,3,11H2,1-2H3. The Bertz CT molecular complexity index is 603. The Kier molecular flexibility index (Phi) is 5.45. The van der Waals surface area contributed by atoms with Crippen molar-refractivity contribution in [1.82, 2.24) is 0 Å². The number of rotatable bonds is 6. The van der Waals surface area contributed by atoms with E-state index in [2.05, 4.69) is 12.2 Å². The molecule has 2 rings (SSSR count). The van der Waals surface area contributed by atoms with Crippen LogP contribution in [0.15, 0.2) is 42.5 Å². The van der Waals surface area contributed by atoms with Crippen molar-refractivity contribution in [1.29, 1.82) is 0 Å². The molecule has 21 heavy (non-hydrogen) atoms. The van der Waals surface area contributed by atoms with E-state index in [-0.39, 0.29) is 11.9 Å². The molecule has 2 nitrogen and oxygen atoms in total. The van der Waals surface area contributed by atoms with Crippen molar-refractivity contribution in [2.24, 2.45) is 0 Å². The van der Waals surface area contributed by atoms with Gasteiger partial charge in [-0.15, -0.1) is 0 Å². The fraction of sp³-hybridized carbons (Fsp3) is 0.294. The predicted octanol–water partition coefficient (Wildman–Crippen LogP) is 5.27. The second kappa shape index (κ2) is 7.32. The molecule has 0 spiro atoms. The number of benzene rings is 2. The Morgan fingerprint density at radius 2 is 2.05 bits per heavy atom. The van der Waals surface area contributed by atoms with E-state index >= 15 is 0 Å². The maximum atomic E-state index is 13.7. The van der Waals surface area contributed by atoms with E-state index in [0.29, 0.717) is 17.1 Å². The summed E-state index contributed by atoms with van der Waals surface area (Å²) in [6, 6.07) is 12.4. The van der Waals surface area contributed by atoms with Gasteiger partial charge in [-0.25, -0.2) is 4.39 Å². The fourth-order valence-corrected chi connectivity index (χ4v) is 2.02. The summed E-state index contributed by atoms with van der Waals surface area (Å²) in [5.41, 5.74) is 1.47. The number of anilines is 1. The first-order valence-corrected chi connectivity index (χ1v) is 7.40. The zero-order chi connectivity index (χ0) is 15.2. The molecule has 0 heterocycles. The average molecular weight is 308 g/mol. The molecule has 0 aromatic heterocycles. The van der Waals surface area contributed by atoms with Gasteiger partial charge in [-0.1, -0.05) is 30.7 Å². The maximum absolute atomic E-state index is 13.7. The summed E-state index contributed by atoms with van der Waals surface area (Å²) in [4.78, 5) is 0. The van der Waals surface area contributed by atoms with E-state index in [1.807, 2.05) is 31.2 Å². The maximum Gasteiger partial charge on any atom is 0.129 e. The lowest BCUT2D eigenvalue weighted by Gasteiger charge is -2.14. The van der Waals surface area contributed by atoms with E-state index in [9.17, 15) is 4.39 Å². The van der Waals surface area contributed by atoms with Gasteiger partial charge in [-0.2, -0.15) is 0 Å². The molecule has 0 bridgehead atoms. The van der Waals surface area contributed by atoms with Gasteiger partial charge in [0.2, 0.25) is 0 Å². The van der Waals surface area contributed by atoms with E-state index in [1.165, 1.54) is 6.07 Å². The van der Waals surface area contributed by atoms with Gasteiger partial charge in [-0.3, -0.25) is 0 Å². The van der Waals surface area contributed by atoms with Crippen molar-refractivity contribution in [3.05, 3.63) is 58.9 Å². The summed E-state index contributed by atoms with van der Waals surface area (Å²) < 4.78 is 19.5. The number of halogens is 2. The molecule has 0 fully saturated rings. The monoisotopic (exact) mass is 307 g/mol. The molecule has 0 aliphatic heterocycles. The predicted molar refractivity (Wildman–Crippen MR) is 85.6 cm³/mol. The number of hydrogen-bond donors (Lipinski definition) is 1. The average Bonchev–Trinajstić information content (AvgIpc) is 2.46. The highest BCUT2D eigenvalue weighted by atomic mass is 35.5. The first-order valence-electron chi connectivity index (χ1n) is 7.03. The molecule has 112 valence electrons. The summed E-state index contributed by atoms with van der Waals surface area (Å²) in [5, 5.41) is 3.59. The highest BCUT2D eigenvalue weighted by Gasteiger charge is 2.04. The highest BCUT2D eigenvalue weighted by Crippen LogP contribution is 2.21. The van der Waals surface area contributed by atoms with Crippen LogP contribution in [0.2, 0.25) is 5.02 Å². The van der Waals surface area contributed by atoms with Crippen LogP contribution < -0.4 is 10.1 Å². The van der Waals surface area contributed by atoms with Crippen molar-refractivity contribution >= 4 is 17.3 Å². The Balaban J connectivity index is 2.01.